The van der Waals surface area contributed by atoms with Gasteiger partial charge < -0.3 is 14.2 Å². The summed E-state index contributed by atoms with van der Waals surface area (Å²) in [7, 11) is 0. The summed E-state index contributed by atoms with van der Waals surface area (Å²) in [6.45, 7) is 6.57. The van der Waals surface area contributed by atoms with Crippen molar-refractivity contribution in [2.75, 3.05) is 13.2 Å². The quantitative estimate of drug-likeness (QED) is 0.0262. The molecule has 1 atom stereocenters. The molecule has 0 aliphatic rings. The molecule has 386 valence electrons. The van der Waals surface area contributed by atoms with E-state index in [2.05, 4.69) is 93.7 Å². The van der Waals surface area contributed by atoms with Crippen LogP contribution < -0.4 is 0 Å². The van der Waals surface area contributed by atoms with Crippen LogP contribution in [0.1, 0.15) is 278 Å². The summed E-state index contributed by atoms with van der Waals surface area (Å²) in [5.41, 5.74) is 0. The van der Waals surface area contributed by atoms with Crippen LogP contribution >= 0.6 is 0 Å². The minimum Gasteiger partial charge on any atom is -0.462 e. The Morgan fingerprint density at radius 3 is 0.836 bits per heavy atom. The van der Waals surface area contributed by atoms with Crippen LogP contribution in [0, 0.1) is 0 Å². The summed E-state index contributed by atoms with van der Waals surface area (Å²) < 4.78 is 16.8. The van der Waals surface area contributed by atoms with E-state index in [1.165, 1.54) is 141 Å². The summed E-state index contributed by atoms with van der Waals surface area (Å²) in [5.74, 6) is -0.943. The zero-order valence-corrected chi connectivity index (χ0v) is 44.2. The number of carbonyl (C=O) groups is 3. The molecule has 0 saturated heterocycles. The van der Waals surface area contributed by atoms with Crippen LogP contribution in [0.5, 0.6) is 0 Å². The second-order valence-electron chi connectivity index (χ2n) is 18.9. The number of unbranched alkanes of at least 4 members (excludes halogenated alkanes) is 31. The maximum Gasteiger partial charge on any atom is 0.306 e. The summed E-state index contributed by atoms with van der Waals surface area (Å²) in [5, 5.41) is 0. The number of carbonyl (C=O) groups excluding carboxylic acids is 3. The Hall–Kier alpha value is -3.15. The van der Waals surface area contributed by atoms with Crippen molar-refractivity contribution in [3.05, 3.63) is 72.9 Å². The van der Waals surface area contributed by atoms with Crippen LogP contribution in [0.15, 0.2) is 72.9 Å². The Kier molecular flexibility index (Phi) is 52.8. The summed E-state index contributed by atoms with van der Waals surface area (Å²) in [4.78, 5) is 38.1. The first-order chi connectivity index (χ1) is 33.0. The highest BCUT2D eigenvalue weighted by molar-refractivity contribution is 5.71. The third-order valence-corrected chi connectivity index (χ3v) is 12.2. The molecule has 0 radical (unpaired) electrons. The fourth-order valence-corrected chi connectivity index (χ4v) is 7.89. The van der Waals surface area contributed by atoms with E-state index in [0.717, 1.165) is 96.3 Å². The van der Waals surface area contributed by atoms with E-state index in [9.17, 15) is 14.4 Å². The summed E-state index contributed by atoms with van der Waals surface area (Å²) in [6.07, 6.45) is 70.3. The largest absolute Gasteiger partial charge is 0.462 e. The lowest BCUT2D eigenvalue weighted by atomic mass is 10.1. The highest BCUT2D eigenvalue weighted by Gasteiger charge is 2.19. The van der Waals surface area contributed by atoms with Crippen molar-refractivity contribution in [3.63, 3.8) is 0 Å². The van der Waals surface area contributed by atoms with Gasteiger partial charge in [-0.05, 0) is 96.3 Å². The van der Waals surface area contributed by atoms with Crippen molar-refractivity contribution in [2.45, 2.75) is 284 Å². The number of rotatable bonds is 51. The lowest BCUT2D eigenvalue weighted by Crippen LogP contribution is -2.30. The molecule has 0 amide bonds. The van der Waals surface area contributed by atoms with Crippen molar-refractivity contribution in [2.24, 2.45) is 0 Å². The van der Waals surface area contributed by atoms with Gasteiger partial charge in [0.05, 0.1) is 0 Å². The van der Waals surface area contributed by atoms with Gasteiger partial charge in [-0.25, -0.2) is 0 Å². The minimum absolute atomic E-state index is 0.0972. The molecule has 0 bridgehead atoms. The average Bonchev–Trinajstić information content (AvgIpc) is 3.33. The molecule has 0 aliphatic heterocycles. The van der Waals surface area contributed by atoms with Gasteiger partial charge in [0.2, 0.25) is 0 Å². The summed E-state index contributed by atoms with van der Waals surface area (Å²) >= 11 is 0. The fraction of sp³-hybridized carbons (Fsp3) is 0.754. The SMILES string of the molecule is CCCCC/C=C\C=C/CCCCCCCCC(=O)OCC(COC(=O)CCCCCCC/C=C\C=C/CCCCCCCCC)OC(=O)CCCCC/C=C\C=C/CCCCCCCCC. The Morgan fingerprint density at radius 1 is 0.299 bits per heavy atom. The van der Waals surface area contributed by atoms with Crippen molar-refractivity contribution in [1.29, 1.82) is 0 Å². The molecule has 0 saturated carbocycles. The molecule has 0 N–H and O–H groups in total. The van der Waals surface area contributed by atoms with Crippen LogP contribution in [-0.2, 0) is 28.6 Å². The number of esters is 3. The zero-order valence-electron chi connectivity index (χ0n) is 44.2. The van der Waals surface area contributed by atoms with Gasteiger partial charge in [-0.1, -0.05) is 235 Å². The summed E-state index contributed by atoms with van der Waals surface area (Å²) in [6, 6.07) is 0. The normalized spacial score (nSPS) is 12.6. The topological polar surface area (TPSA) is 78.9 Å². The van der Waals surface area contributed by atoms with Gasteiger partial charge in [-0.15, -0.1) is 0 Å². The molecule has 0 aliphatic carbocycles. The molecule has 1 unspecified atom stereocenters. The average molecular weight is 936 g/mol. The van der Waals surface area contributed by atoms with E-state index in [-0.39, 0.29) is 31.1 Å². The number of hydrogen-bond acceptors (Lipinski definition) is 6. The lowest BCUT2D eigenvalue weighted by Gasteiger charge is -2.18. The Labute approximate surface area is 414 Å². The molecule has 0 aromatic heterocycles. The van der Waals surface area contributed by atoms with Crippen molar-refractivity contribution < 1.29 is 28.6 Å². The molecule has 67 heavy (non-hydrogen) atoms. The molecule has 0 rings (SSSR count). The van der Waals surface area contributed by atoms with Gasteiger partial charge >= 0.3 is 17.9 Å². The third kappa shape index (κ3) is 53.7. The Morgan fingerprint density at radius 2 is 0.522 bits per heavy atom. The van der Waals surface area contributed by atoms with Gasteiger partial charge in [0, 0.05) is 19.3 Å². The zero-order chi connectivity index (χ0) is 48.6. The van der Waals surface area contributed by atoms with E-state index in [1.807, 2.05) is 0 Å². The van der Waals surface area contributed by atoms with Gasteiger partial charge in [0.25, 0.3) is 0 Å². The van der Waals surface area contributed by atoms with Gasteiger partial charge in [-0.2, -0.15) is 0 Å². The predicted molar refractivity (Wildman–Crippen MR) is 288 cm³/mol. The Balaban J connectivity index is 4.46. The first-order valence-corrected chi connectivity index (χ1v) is 28.5. The van der Waals surface area contributed by atoms with Crippen molar-refractivity contribution in [3.8, 4) is 0 Å². The Bertz CT molecular complexity index is 1260. The van der Waals surface area contributed by atoms with E-state index >= 15 is 0 Å². The van der Waals surface area contributed by atoms with Crippen molar-refractivity contribution >= 4 is 17.9 Å². The third-order valence-electron chi connectivity index (χ3n) is 12.2. The highest BCUT2D eigenvalue weighted by atomic mass is 16.6. The van der Waals surface area contributed by atoms with E-state index in [1.54, 1.807) is 0 Å². The molecular formula is C61H106O6. The van der Waals surface area contributed by atoms with E-state index in [4.69, 9.17) is 14.2 Å². The van der Waals surface area contributed by atoms with Crippen LogP contribution in [0.2, 0.25) is 0 Å². The monoisotopic (exact) mass is 935 g/mol. The second-order valence-corrected chi connectivity index (χ2v) is 18.9. The molecule has 6 heteroatoms. The van der Waals surface area contributed by atoms with Gasteiger partial charge in [0.15, 0.2) is 6.10 Å². The van der Waals surface area contributed by atoms with Crippen LogP contribution in [0.25, 0.3) is 0 Å². The minimum atomic E-state index is -0.801. The van der Waals surface area contributed by atoms with E-state index in [0.29, 0.717) is 19.3 Å². The van der Waals surface area contributed by atoms with Crippen LogP contribution in [0.4, 0.5) is 0 Å². The van der Waals surface area contributed by atoms with Crippen LogP contribution in [0.3, 0.4) is 0 Å². The van der Waals surface area contributed by atoms with Crippen LogP contribution in [-0.4, -0.2) is 37.2 Å². The predicted octanol–water partition coefficient (Wildman–Crippen LogP) is 19.0. The second kappa shape index (κ2) is 55.4. The molecule has 0 aromatic carbocycles. The van der Waals surface area contributed by atoms with Gasteiger partial charge in [-0.3, -0.25) is 14.4 Å². The first kappa shape index (κ1) is 63.8. The standard InChI is InChI=1S/C61H106O6/c1-4-7-10-13-16-19-22-25-28-30-31-34-36-39-42-45-48-51-54-60(63)66-57-58(56-65-59(62)53-50-47-44-41-38-35-32-27-24-21-18-15-12-9-6-3)67-61(64)55-52-49-46-43-40-37-33-29-26-23-20-17-14-11-8-5-2/h18,21,24,27-31,33-34,37,40,58H,4-17,19-20,22-23,25-26,32,35-36,38-39,41-57H2,1-3H3/b21-18-,27-24-,30-28-,33-29-,34-31-,40-37-. The molecule has 0 fully saturated rings. The number of allylic oxidation sites excluding steroid dienone is 12. The van der Waals surface area contributed by atoms with E-state index < -0.39 is 6.10 Å². The highest BCUT2D eigenvalue weighted by Crippen LogP contribution is 2.14. The number of hydrogen-bond donors (Lipinski definition) is 0. The van der Waals surface area contributed by atoms with Gasteiger partial charge in [0.1, 0.15) is 13.2 Å². The lowest BCUT2D eigenvalue weighted by molar-refractivity contribution is -0.167. The molecular weight excluding hydrogens is 829 g/mol. The van der Waals surface area contributed by atoms with Crippen molar-refractivity contribution in [1.82, 2.24) is 0 Å². The fourth-order valence-electron chi connectivity index (χ4n) is 7.89. The maximum absolute atomic E-state index is 12.8. The smallest absolute Gasteiger partial charge is 0.306 e. The molecule has 0 spiro atoms. The molecule has 0 heterocycles. The molecule has 0 aromatic rings. The molecule has 6 nitrogen and oxygen atoms in total. The maximum atomic E-state index is 12.8. The first-order valence-electron chi connectivity index (χ1n) is 28.5. The number of ether oxygens (including phenoxy) is 3.